The van der Waals surface area contributed by atoms with Gasteiger partial charge in [0.25, 0.3) is 0 Å². The quantitative estimate of drug-likeness (QED) is 0.772. The Bertz CT molecular complexity index is 187. The molecule has 2 nitrogen and oxygen atoms in total. The van der Waals surface area contributed by atoms with Crippen molar-refractivity contribution >= 4 is 0 Å². The fraction of sp³-hybridized carbons (Fsp3) is 1.00. The lowest BCUT2D eigenvalue weighted by Gasteiger charge is -2.26. The fourth-order valence-corrected chi connectivity index (χ4v) is 3.25. The van der Waals surface area contributed by atoms with E-state index in [0.29, 0.717) is 0 Å². The molecule has 16 heavy (non-hydrogen) atoms. The van der Waals surface area contributed by atoms with Crippen LogP contribution in [0.25, 0.3) is 0 Å². The summed E-state index contributed by atoms with van der Waals surface area (Å²) in [6.07, 6.45) is 10.1. The maximum atomic E-state index is 3.66. The highest BCUT2D eigenvalue weighted by Crippen LogP contribution is 2.25. The van der Waals surface area contributed by atoms with Crippen molar-refractivity contribution in [2.45, 2.75) is 57.9 Å². The Morgan fingerprint density at radius 3 is 2.69 bits per heavy atom. The largest absolute Gasteiger partial charge is 0.313 e. The van der Waals surface area contributed by atoms with Crippen LogP contribution in [0.3, 0.4) is 0 Å². The van der Waals surface area contributed by atoms with Crippen LogP contribution in [0.1, 0.15) is 51.9 Å². The predicted molar refractivity (Wildman–Crippen MR) is 69.7 cm³/mol. The molecule has 0 spiro atoms. The van der Waals surface area contributed by atoms with Crippen LogP contribution in [-0.4, -0.2) is 37.1 Å². The molecular formula is C14H28N2. The molecule has 1 heterocycles. The molecule has 1 aliphatic heterocycles. The monoisotopic (exact) mass is 224 g/mol. The lowest BCUT2D eigenvalue weighted by molar-refractivity contribution is 0.230. The minimum Gasteiger partial charge on any atom is -0.313 e. The van der Waals surface area contributed by atoms with Gasteiger partial charge in [-0.1, -0.05) is 26.2 Å². The maximum absolute atomic E-state index is 3.66. The second-order valence-corrected chi connectivity index (χ2v) is 5.70. The average Bonchev–Trinajstić information content (AvgIpc) is 2.75. The summed E-state index contributed by atoms with van der Waals surface area (Å²) < 4.78 is 0. The van der Waals surface area contributed by atoms with Gasteiger partial charge in [-0.3, -0.25) is 0 Å². The molecule has 2 rings (SSSR count). The molecule has 2 heteroatoms. The standard InChI is InChI=1S/C14H28N2/c1-2-9-15-14-8-10-16(12-14)11-13-6-4-3-5-7-13/h13-15H,2-12H2,1H3. The van der Waals surface area contributed by atoms with E-state index in [9.17, 15) is 0 Å². The molecule has 1 atom stereocenters. The molecule has 0 aromatic rings. The first-order valence-electron chi connectivity index (χ1n) is 7.34. The zero-order valence-electron chi connectivity index (χ0n) is 10.9. The molecule has 1 saturated heterocycles. The molecule has 1 unspecified atom stereocenters. The van der Waals surface area contributed by atoms with E-state index in [1.165, 1.54) is 71.1 Å². The molecule has 2 aliphatic rings. The minimum absolute atomic E-state index is 0.781. The molecule has 1 aliphatic carbocycles. The van der Waals surface area contributed by atoms with Gasteiger partial charge in [-0.15, -0.1) is 0 Å². The lowest BCUT2D eigenvalue weighted by atomic mass is 9.89. The Balaban J connectivity index is 1.63. The summed E-state index contributed by atoms with van der Waals surface area (Å²) >= 11 is 0. The van der Waals surface area contributed by atoms with Crippen molar-refractivity contribution in [1.29, 1.82) is 0 Å². The number of nitrogens with zero attached hydrogens (tertiary/aromatic N) is 1. The normalized spacial score (nSPS) is 28.7. The first-order chi connectivity index (χ1) is 7.88. The molecule has 0 aromatic heterocycles. The van der Waals surface area contributed by atoms with Crippen LogP contribution in [0, 0.1) is 5.92 Å². The first-order valence-corrected chi connectivity index (χ1v) is 7.34. The number of likely N-dealkylation sites (tertiary alicyclic amines) is 1. The summed E-state index contributed by atoms with van der Waals surface area (Å²) in [5.74, 6) is 1.01. The molecule has 94 valence electrons. The van der Waals surface area contributed by atoms with Crippen LogP contribution in [0.4, 0.5) is 0 Å². The van der Waals surface area contributed by atoms with Crippen molar-refractivity contribution in [3.63, 3.8) is 0 Å². The van der Waals surface area contributed by atoms with Gasteiger partial charge in [0.15, 0.2) is 0 Å². The Kier molecular flexibility index (Phi) is 5.11. The van der Waals surface area contributed by atoms with Crippen molar-refractivity contribution in [3.8, 4) is 0 Å². The van der Waals surface area contributed by atoms with Crippen LogP contribution >= 0.6 is 0 Å². The van der Waals surface area contributed by atoms with Crippen LogP contribution in [-0.2, 0) is 0 Å². The van der Waals surface area contributed by atoms with Crippen molar-refractivity contribution < 1.29 is 0 Å². The Hall–Kier alpha value is -0.0800. The van der Waals surface area contributed by atoms with Gasteiger partial charge in [0.05, 0.1) is 0 Å². The maximum Gasteiger partial charge on any atom is 0.0207 e. The van der Waals surface area contributed by atoms with E-state index >= 15 is 0 Å². The van der Waals surface area contributed by atoms with Gasteiger partial charge in [0, 0.05) is 19.1 Å². The van der Waals surface area contributed by atoms with Crippen LogP contribution in [0.2, 0.25) is 0 Å². The molecule has 0 bridgehead atoms. The molecule has 1 saturated carbocycles. The van der Waals surface area contributed by atoms with E-state index in [1.54, 1.807) is 0 Å². The molecular weight excluding hydrogens is 196 g/mol. The number of rotatable bonds is 5. The van der Waals surface area contributed by atoms with Crippen molar-refractivity contribution in [2.24, 2.45) is 5.92 Å². The van der Waals surface area contributed by atoms with E-state index in [4.69, 9.17) is 0 Å². The molecule has 0 aromatic carbocycles. The highest BCUT2D eigenvalue weighted by molar-refractivity contribution is 4.82. The van der Waals surface area contributed by atoms with Gasteiger partial charge in [0.1, 0.15) is 0 Å². The van der Waals surface area contributed by atoms with E-state index in [2.05, 4.69) is 17.1 Å². The SMILES string of the molecule is CCCNC1CCN(CC2CCCCC2)C1. The average molecular weight is 224 g/mol. The van der Waals surface area contributed by atoms with Crippen molar-refractivity contribution in [3.05, 3.63) is 0 Å². The third-order valence-electron chi connectivity index (χ3n) is 4.20. The zero-order chi connectivity index (χ0) is 11.2. The summed E-state index contributed by atoms with van der Waals surface area (Å²) in [5.41, 5.74) is 0. The zero-order valence-corrected chi connectivity index (χ0v) is 10.9. The van der Waals surface area contributed by atoms with Gasteiger partial charge >= 0.3 is 0 Å². The predicted octanol–water partition coefficient (Wildman–Crippen LogP) is 2.64. The van der Waals surface area contributed by atoms with Gasteiger partial charge in [-0.05, 0) is 44.7 Å². The Morgan fingerprint density at radius 1 is 1.12 bits per heavy atom. The summed E-state index contributed by atoms with van der Waals surface area (Å²) in [5, 5.41) is 3.66. The minimum atomic E-state index is 0.781. The van der Waals surface area contributed by atoms with E-state index in [1.807, 2.05) is 0 Å². The Labute approximate surface area is 101 Å². The van der Waals surface area contributed by atoms with Gasteiger partial charge in [0.2, 0.25) is 0 Å². The highest BCUT2D eigenvalue weighted by atomic mass is 15.2. The van der Waals surface area contributed by atoms with E-state index in [0.717, 1.165) is 12.0 Å². The van der Waals surface area contributed by atoms with Crippen LogP contribution in [0.15, 0.2) is 0 Å². The second kappa shape index (κ2) is 6.61. The van der Waals surface area contributed by atoms with Gasteiger partial charge in [-0.25, -0.2) is 0 Å². The van der Waals surface area contributed by atoms with Crippen molar-refractivity contribution in [1.82, 2.24) is 10.2 Å². The second-order valence-electron chi connectivity index (χ2n) is 5.70. The summed E-state index contributed by atoms with van der Waals surface area (Å²) in [7, 11) is 0. The summed E-state index contributed by atoms with van der Waals surface area (Å²) in [4.78, 5) is 2.70. The molecule has 1 N–H and O–H groups in total. The summed E-state index contributed by atoms with van der Waals surface area (Å²) in [6.45, 7) is 7.46. The first kappa shape index (κ1) is 12.4. The number of nitrogens with one attached hydrogen (secondary N) is 1. The fourth-order valence-electron chi connectivity index (χ4n) is 3.25. The van der Waals surface area contributed by atoms with Gasteiger partial charge in [-0.2, -0.15) is 0 Å². The lowest BCUT2D eigenvalue weighted by Crippen LogP contribution is -2.35. The van der Waals surface area contributed by atoms with Crippen molar-refractivity contribution in [2.75, 3.05) is 26.2 Å². The Morgan fingerprint density at radius 2 is 1.94 bits per heavy atom. The van der Waals surface area contributed by atoms with E-state index < -0.39 is 0 Å². The van der Waals surface area contributed by atoms with Crippen LogP contribution < -0.4 is 5.32 Å². The number of hydrogen-bond acceptors (Lipinski definition) is 2. The van der Waals surface area contributed by atoms with Crippen LogP contribution in [0.5, 0.6) is 0 Å². The topological polar surface area (TPSA) is 15.3 Å². The third kappa shape index (κ3) is 3.74. The van der Waals surface area contributed by atoms with E-state index in [-0.39, 0.29) is 0 Å². The smallest absolute Gasteiger partial charge is 0.0207 e. The number of hydrogen-bond donors (Lipinski definition) is 1. The highest BCUT2D eigenvalue weighted by Gasteiger charge is 2.24. The molecule has 0 radical (unpaired) electrons. The third-order valence-corrected chi connectivity index (χ3v) is 4.20. The van der Waals surface area contributed by atoms with Gasteiger partial charge < -0.3 is 10.2 Å². The molecule has 0 amide bonds. The molecule has 2 fully saturated rings. The summed E-state index contributed by atoms with van der Waals surface area (Å²) in [6, 6.07) is 0.781.